The van der Waals surface area contributed by atoms with E-state index in [1.165, 1.54) is 18.4 Å². The summed E-state index contributed by atoms with van der Waals surface area (Å²) in [5.74, 6) is -0.397. The molecule has 0 aromatic carbocycles. The second kappa shape index (κ2) is 4.36. The van der Waals surface area contributed by atoms with Crippen molar-refractivity contribution in [1.29, 1.82) is 0 Å². The van der Waals surface area contributed by atoms with Gasteiger partial charge in [0, 0.05) is 16.8 Å². The largest absolute Gasteiger partial charge is 0.465 e. The van der Waals surface area contributed by atoms with Crippen molar-refractivity contribution in [3.63, 3.8) is 0 Å². The van der Waals surface area contributed by atoms with Gasteiger partial charge in [-0.1, -0.05) is 0 Å². The SMILES string of the molecule is COC(=O)c1csc([C@H](O)CN)c1. The predicted octanol–water partition coefficient (Wildman–Crippen LogP) is 0.527. The van der Waals surface area contributed by atoms with Gasteiger partial charge in [-0.05, 0) is 6.07 Å². The Labute approximate surface area is 79.9 Å². The predicted molar refractivity (Wildman–Crippen MR) is 49.7 cm³/mol. The number of methoxy groups -OCH3 is 1. The first-order valence-corrected chi connectivity index (χ1v) is 4.62. The number of carbonyl (C=O) groups excluding carboxylic acids is 1. The van der Waals surface area contributed by atoms with Crippen LogP contribution in [0.15, 0.2) is 11.4 Å². The molecule has 1 atom stereocenters. The van der Waals surface area contributed by atoms with Crippen LogP contribution < -0.4 is 5.73 Å². The van der Waals surface area contributed by atoms with Gasteiger partial charge in [-0.15, -0.1) is 11.3 Å². The smallest absolute Gasteiger partial charge is 0.338 e. The molecule has 13 heavy (non-hydrogen) atoms. The van der Waals surface area contributed by atoms with Crippen molar-refractivity contribution in [3.8, 4) is 0 Å². The lowest BCUT2D eigenvalue weighted by Crippen LogP contribution is -2.10. The molecule has 0 aliphatic heterocycles. The van der Waals surface area contributed by atoms with Crippen LogP contribution >= 0.6 is 11.3 Å². The molecule has 5 heteroatoms. The molecule has 72 valence electrons. The van der Waals surface area contributed by atoms with Crippen LogP contribution in [0.1, 0.15) is 21.3 Å². The topological polar surface area (TPSA) is 72.5 Å². The number of nitrogens with two attached hydrogens (primary N) is 1. The molecule has 0 radical (unpaired) electrons. The molecule has 0 fully saturated rings. The second-order valence-electron chi connectivity index (χ2n) is 2.48. The quantitative estimate of drug-likeness (QED) is 0.699. The maximum atomic E-state index is 11.0. The van der Waals surface area contributed by atoms with Gasteiger partial charge in [0.2, 0.25) is 0 Å². The summed E-state index contributed by atoms with van der Waals surface area (Å²) in [5, 5.41) is 11.0. The summed E-state index contributed by atoms with van der Waals surface area (Å²) in [6.45, 7) is 0.154. The summed E-state index contributed by atoms with van der Waals surface area (Å²) in [7, 11) is 1.32. The molecule has 3 N–H and O–H groups in total. The van der Waals surface area contributed by atoms with Gasteiger partial charge in [0.15, 0.2) is 0 Å². The summed E-state index contributed by atoms with van der Waals surface area (Å²) in [6.07, 6.45) is -0.691. The minimum atomic E-state index is -0.691. The van der Waals surface area contributed by atoms with Crippen molar-refractivity contribution in [2.75, 3.05) is 13.7 Å². The lowest BCUT2D eigenvalue weighted by Gasteiger charge is -2.02. The third-order valence-corrected chi connectivity index (χ3v) is 2.63. The standard InChI is InChI=1S/C8H11NO3S/c1-12-8(11)5-2-7(13-4-5)6(10)3-9/h2,4,6,10H,3,9H2,1H3/t6-/m1/s1. The van der Waals surface area contributed by atoms with E-state index in [1.807, 2.05) is 0 Å². The van der Waals surface area contributed by atoms with Gasteiger partial charge < -0.3 is 15.6 Å². The molecular weight excluding hydrogens is 190 g/mol. The fourth-order valence-corrected chi connectivity index (χ4v) is 1.74. The number of hydrogen-bond donors (Lipinski definition) is 2. The van der Waals surface area contributed by atoms with E-state index in [0.717, 1.165) is 0 Å². The highest BCUT2D eigenvalue weighted by Crippen LogP contribution is 2.21. The van der Waals surface area contributed by atoms with E-state index in [9.17, 15) is 9.90 Å². The molecular formula is C8H11NO3S. The van der Waals surface area contributed by atoms with E-state index >= 15 is 0 Å². The van der Waals surface area contributed by atoms with Crippen molar-refractivity contribution in [2.45, 2.75) is 6.10 Å². The Hall–Kier alpha value is -0.910. The molecule has 0 aliphatic rings. The normalized spacial score (nSPS) is 12.5. The maximum Gasteiger partial charge on any atom is 0.338 e. The highest BCUT2D eigenvalue weighted by atomic mass is 32.1. The summed E-state index contributed by atoms with van der Waals surface area (Å²) in [6, 6.07) is 1.59. The van der Waals surface area contributed by atoms with Gasteiger partial charge >= 0.3 is 5.97 Å². The summed E-state index contributed by atoms with van der Waals surface area (Å²) < 4.78 is 4.52. The lowest BCUT2D eigenvalue weighted by molar-refractivity contribution is 0.0601. The molecule has 0 spiro atoms. The van der Waals surface area contributed by atoms with Crippen LogP contribution in [0.4, 0.5) is 0 Å². The van der Waals surface area contributed by atoms with Crippen LogP contribution in [0.5, 0.6) is 0 Å². The third kappa shape index (κ3) is 2.27. The molecule has 0 amide bonds. The van der Waals surface area contributed by atoms with Crippen molar-refractivity contribution >= 4 is 17.3 Å². The Morgan fingerprint density at radius 1 is 1.85 bits per heavy atom. The molecule has 0 aliphatic carbocycles. The number of thiophene rings is 1. The van der Waals surface area contributed by atoms with Gasteiger partial charge in [-0.3, -0.25) is 0 Å². The number of rotatable bonds is 3. The molecule has 1 aromatic heterocycles. The first-order valence-electron chi connectivity index (χ1n) is 3.74. The number of ether oxygens (including phenoxy) is 1. The van der Waals surface area contributed by atoms with Crippen LogP contribution in [0.3, 0.4) is 0 Å². The number of aliphatic hydroxyl groups is 1. The Balaban J connectivity index is 2.80. The highest BCUT2D eigenvalue weighted by molar-refractivity contribution is 7.10. The van der Waals surface area contributed by atoms with Crippen LogP contribution in [-0.4, -0.2) is 24.7 Å². The Morgan fingerprint density at radius 2 is 2.54 bits per heavy atom. The van der Waals surface area contributed by atoms with E-state index in [2.05, 4.69) is 4.74 Å². The molecule has 1 aromatic rings. The molecule has 0 bridgehead atoms. The molecule has 0 saturated carbocycles. The molecule has 0 unspecified atom stereocenters. The Kier molecular flexibility index (Phi) is 3.41. The molecule has 1 heterocycles. The van der Waals surface area contributed by atoms with Crippen molar-refractivity contribution in [1.82, 2.24) is 0 Å². The Morgan fingerprint density at radius 3 is 3.08 bits per heavy atom. The zero-order chi connectivity index (χ0) is 9.84. The van der Waals surface area contributed by atoms with E-state index < -0.39 is 12.1 Å². The van der Waals surface area contributed by atoms with Gasteiger partial charge in [0.1, 0.15) is 6.10 Å². The summed E-state index contributed by atoms with van der Waals surface area (Å²) in [5.41, 5.74) is 5.72. The van der Waals surface area contributed by atoms with Crippen LogP contribution in [0.25, 0.3) is 0 Å². The van der Waals surface area contributed by atoms with E-state index in [4.69, 9.17) is 5.73 Å². The first kappa shape index (κ1) is 10.2. The van der Waals surface area contributed by atoms with Crippen LogP contribution in [0.2, 0.25) is 0 Å². The maximum absolute atomic E-state index is 11.0. The van der Waals surface area contributed by atoms with E-state index in [0.29, 0.717) is 10.4 Å². The number of aliphatic hydroxyl groups excluding tert-OH is 1. The first-order chi connectivity index (χ1) is 6.19. The van der Waals surface area contributed by atoms with Crippen molar-refractivity contribution in [2.24, 2.45) is 5.73 Å². The zero-order valence-electron chi connectivity index (χ0n) is 7.19. The van der Waals surface area contributed by atoms with Gasteiger partial charge in [-0.25, -0.2) is 4.79 Å². The highest BCUT2D eigenvalue weighted by Gasteiger charge is 2.12. The minimum Gasteiger partial charge on any atom is -0.465 e. The van der Waals surface area contributed by atoms with Gasteiger partial charge in [0.25, 0.3) is 0 Å². The average Bonchev–Trinajstić information content (AvgIpc) is 2.64. The van der Waals surface area contributed by atoms with Crippen molar-refractivity contribution in [3.05, 3.63) is 21.9 Å². The van der Waals surface area contributed by atoms with E-state index in [-0.39, 0.29) is 6.54 Å². The Bertz CT molecular complexity index is 297. The summed E-state index contributed by atoms with van der Waals surface area (Å²) >= 11 is 1.30. The molecule has 0 saturated heterocycles. The fraction of sp³-hybridized carbons (Fsp3) is 0.375. The monoisotopic (exact) mass is 201 g/mol. The van der Waals surface area contributed by atoms with E-state index in [1.54, 1.807) is 11.4 Å². The minimum absolute atomic E-state index is 0.154. The zero-order valence-corrected chi connectivity index (χ0v) is 8.00. The van der Waals surface area contributed by atoms with Gasteiger partial charge in [-0.2, -0.15) is 0 Å². The average molecular weight is 201 g/mol. The van der Waals surface area contributed by atoms with Crippen molar-refractivity contribution < 1.29 is 14.6 Å². The third-order valence-electron chi connectivity index (χ3n) is 1.59. The van der Waals surface area contributed by atoms with Crippen LogP contribution in [-0.2, 0) is 4.74 Å². The van der Waals surface area contributed by atoms with Gasteiger partial charge in [0.05, 0.1) is 12.7 Å². The number of carbonyl (C=O) groups is 1. The second-order valence-corrected chi connectivity index (χ2v) is 3.42. The fourth-order valence-electron chi connectivity index (χ4n) is 0.869. The molecule has 4 nitrogen and oxygen atoms in total. The molecule has 1 rings (SSSR count). The number of esters is 1. The van der Waals surface area contributed by atoms with Crippen LogP contribution in [0, 0.1) is 0 Å². The number of hydrogen-bond acceptors (Lipinski definition) is 5. The summed E-state index contributed by atoms with van der Waals surface area (Å²) in [4.78, 5) is 11.7. The lowest BCUT2D eigenvalue weighted by atomic mass is 10.2.